The van der Waals surface area contributed by atoms with Crippen LogP contribution in [-0.4, -0.2) is 51.3 Å². The molecule has 0 aliphatic carbocycles. The average Bonchev–Trinajstić information content (AvgIpc) is 3.39. The van der Waals surface area contributed by atoms with E-state index in [1.807, 2.05) is 19.1 Å². The zero-order valence-electron chi connectivity index (χ0n) is 21.1. The summed E-state index contributed by atoms with van der Waals surface area (Å²) in [5.74, 6) is 0.530. The second kappa shape index (κ2) is 9.31. The van der Waals surface area contributed by atoms with Crippen LogP contribution in [0, 0.1) is 18.3 Å². The number of likely N-dealkylation sites (tertiary alicyclic amines) is 1. The third-order valence-corrected chi connectivity index (χ3v) is 7.54. The Kier molecular flexibility index (Phi) is 6.20. The molecular formula is C27H34N8. The van der Waals surface area contributed by atoms with E-state index in [1.165, 1.54) is 5.56 Å². The smallest absolute Gasteiger partial charge is 0.227 e. The van der Waals surface area contributed by atoms with Crippen LogP contribution in [0.15, 0.2) is 30.6 Å². The monoisotopic (exact) mass is 470 g/mol. The predicted molar refractivity (Wildman–Crippen MR) is 139 cm³/mol. The van der Waals surface area contributed by atoms with E-state index in [9.17, 15) is 5.26 Å². The lowest BCUT2D eigenvalue weighted by molar-refractivity contribution is 0.212. The molecule has 8 nitrogen and oxygen atoms in total. The Hall–Kier alpha value is -3.44. The Bertz CT molecular complexity index is 1260. The van der Waals surface area contributed by atoms with Gasteiger partial charge in [0.05, 0.1) is 34.4 Å². The number of nitriles is 1. The molecule has 1 atom stereocenters. The first kappa shape index (κ1) is 23.3. The number of hydrogen-bond donors (Lipinski definition) is 2. The van der Waals surface area contributed by atoms with Gasteiger partial charge in [0, 0.05) is 29.9 Å². The van der Waals surface area contributed by atoms with Crippen LogP contribution < -0.4 is 10.6 Å². The Labute approximate surface area is 207 Å². The molecule has 2 N–H and O–H groups in total. The van der Waals surface area contributed by atoms with Crippen molar-refractivity contribution in [2.45, 2.75) is 57.9 Å². The van der Waals surface area contributed by atoms with Gasteiger partial charge in [-0.1, -0.05) is 20.3 Å². The third-order valence-electron chi connectivity index (χ3n) is 7.54. The lowest BCUT2D eigenvalue weighted by atomic mass is 9.79. The first-order valence-corrected chi connectivity index (χ1v) is 12.6. The summed E-state index contributed by atoms with van der Waals surface area (Å²) in [6.45, 7) is 9.53. The molecule has 0 bridgehead atoms. The van der Waals surface area contributed by atoms with Crippen LogP contribution in [0.2, 0.25) is 0 Å². The van der Waals surface area contributed by atoms with Crippen molar-refractivity contribution in [2.24, 2.45) is 0 Å². The average molecular weight is 471 g/mol. The number of hydrogen-bond acceptors (Lipinski definition) is 7. The summed E-state index contributed by atoms with van der Waals surface area (Å²) >= 11 is 0. The van der Waals surface area contributed by atoms with Crippen LogP contribution >= 0.6 is 0 Å². The molecule has 0 unspecified atom stereocenters. The minimum atomic E-state index is 0.0133. The quantitative estimate of drug-likeness (QED) is 0.523. The fraction of sp³-hybridized carbons (Fsp3) is 0.481. The zero-order valence-corrected chi connectivity index (χ0v) is 21.1. The lowest BCUT2D eigenvalue weighted by Gasteiger charge is -2.28. The summed E-state index contributed by atoms with van der Waals surface area (Å²) in [5, 5.41) is 21.5. The van der Waals surface area contributed by atoms with Crippen molar-refractivity contribution in [3.63, 3.8) is 0 Å². The third kappa shape index (κ3) is 4.48. The second-order valence-corrected chi connectivity index (χ2v) is 10.3. The second-order valence-electron chi connectivity index (χ2n) is 10.3. The first-order valence-electron chi connectivity index (χ1n) is 12.6. The molecule has 0 amide bonds. The van der Waals surface area contributed by atoms with Gasteiger partial charge in [-0.2, -0.15) is 10.4 Å². The van der Waals surface area contributed by atoms with Crippen LogP contribution in [0.4, 0.5) is 17.3 Å². The molecule has 2 aromatic heterocycles. The lowest BCUT2D eigenvalue weighted by Crippen LogP contribution is -2.31. The largest absolute Gasteiger partial charge is 0.383 e. The van der Waals surface area contributed by atoms with Gasteiger partial charge in [0.15, 0.2) is 0 Å². The molecule has 4 heterocycles. The highest BCUT2D eigenvalue weighted by Crippen LogP contribution is 2.43. The maximum absolute atomic E-state index is 9.83. The van der Waals surface area contributed by atoms with E-state index in [0.29, 0.717) is 17.6 Å². The first-order chi connectivity index (χ1) is 16.9. The van der Waals surface area contributed by atoms with Crippen LogP contribution in [0.1, 0.15) is 62.4 Å². The summed E-state index contributed by atoms with van der Waals surface area (Å²) in [6, 6.07) is 8.84. The standard InChI is InChI=1S/C27H34N8/c1-5-9-27(3)17-30-25-20(15-28)13-19(14-22(25)27)23-6-10-29-26(31-23)32-24-16-35(33-18(24)2)21-7-11-34(4)12-8-21/h6,10,13-14,16,21,30H,5,7-9,11-12,17H2,1-4H3,(H,29,31,32)/t27-/m0/s1. The van der Waals surface area contributed by atoms with E-state index in [4.69, 9.17) is 10.1 Å². The summed E-state index contributed by atoms with van der Waals surface area (Å²) in [7, 11) is 2.17. The van der Waals surface area contributed by atoms with Crippen LogP contribution in [0.25, 0.3) is 11.3 Å². The Morgan fingerprint density at radius 3 is 2.83 bits per heavy atom. The molecule has 2 aliphatic heterocycles. The van der Waals surface area contributed by atoms with E-state index in [2.05, 4.69) is 64.4 Å². The fourth-order valence-electron chi connectivity index (χ4n) is 5.45. The van der Waals surface area contributed by atoms with Crippen molar-refractivity contribution in [2.75, 3.05) is 37.3 Å². The van der Waals surface area contributed by atoms with Gasteiger partial charge in [0.25, 0.3) is 0 Å². The van der Waals surface area contributed by atoms with Crippen molar-refractivity contribution >= 4 is 17.3 Å². The van der Waals surface area contributed by atoms with E-state index < -0.39 is 0 Å². The van der Waals surface area contributed by atoms with E-state index in [-0.39, 0.29) is 5.41 Å². The molecule has 1 aromatic carbocycles. The summed E-state index contributed by atoms with van der Waals surface area (Å²) < 4.78 is 2.09. The molecule has 1 fully saturated rings. The van der Waals surface area contributed by atoms with Gasteiger partial charge < -0.3 is 15.5 Å². The number of aryl methyl sites for hydroxylation is 1. The number of nitrogens with one attached hydrogen (secondary N) is 2. The number of benzene rings is 1. The summed E-state index contributed by atoms with van der Waals surface area (Å²) in [5.41, 5.74) is 6.45. The highest BCUT2D eigenvalue weighted by molar-refractivity contribution is 5.76. The highest BCUT2D eigenvalue weighted by Gasteiger charge is 2.35. The van der Waals surface area contributed by atoms with Crippen molar-refractivity contribution in [3.8, 4) is 17.3 Å². The van der Waals surface area contributed by atoms with Gasteiger partial charge in [-0.15, -0.1) is 0 Å². The molecule has 5 rings (SSSR count). The van der Waals surface area contributed by atoms with Gasteiger partial charge in [-0.05, 0) is 70.1 Å². The number of rotatable bonds is 6. The topological polar surface area (TPSA) is 94.7 Å². The SMILES string of the molecule is CCC[C@@]1(C)CNc2c(C#N)cc(-c3ccnc(Nc4cn(C5CCN(C)CC5)nc4C)n3)cc21. The normalized spacial score (nSPS) is 20.3. The molecular weight excluding hydrogens is 436 g/mol. The van der Waals surface area contributed by atoms with Gasteiger partial charge in [0.2, 0.25) is 5.95 Å². The molecule has 3 aromatic rings. The van der Waals surface area contributed by atoms with E-state index >= 15 is 0 Å². The molecule has 0 spiro atoms. The molecule has 1 saturated heterocycles. The number of anilines is 3. The summed E-state index contributed by atoms with van der Waals surface area (Å²) in [6.07, 6.45) is 8.22. The van der Waals surface area contributed by atoms with E-state index in [0.717, 1.165) is 73.6 Å². The maximum atomic E-state index is 9.83. The Balaban J connectivity index is 1.42. The fourth-order valence-corrected chi connectivity index (χ4v) is 5.45. The van der Waals surface area contributed by atoms with Crippen molar-refractivity contribution in [3.05, 3.63) is 47.4 Å². The van der Waals surface area contributed by atoms with Gasteiger partial charge in [-0.3, -0.25) is 4.68 Å². The minimum absolute atomic E-state index is 0.0133. The molecule has 0 saturated carbocycles. The summed E-state index contributed by atoms with van der Waals surface area (Å²) in [4.78, 5) is 11.6. The zero-order chi connectivity index (χ0) is 24.6. The van der Waals surface area contributed by atoms with Crippen molar-refractivity contribution < 1.29 is 0 Å². The van der Waals surface area contributed by atoms with Crippen LogP contribution in [0.5, 0.6) is 0 Å². The molecule has 182 valence electrons. The minimum Gasteiger partial charge on any atom is -0.383 e. The molecule has 2 aliphatic rings. The predicted octanol–water partition coefficient (Wildman–Crippen LogP) is 5.01. The molecule has 35 heavy (non-hydrogen) atoms. The maximum Gasteiger partial charge on any atom is 0.227 e. The van der Waals surface area contributed by atoms with Gasteiger partial charge in [-0.25, -0.2) is 9.97 Å². The molecule has 0 radical (unpaired) electrons. The highest BCUT2D eigenvalue weighted by atomic mass is 15.3. The Morgan fingerprint density at radius 2 is 2.09 bits per heavy atom. The van der Waals surface area contributed by atoms with E-state index in [1.54, 1.807) is 6.20 Å². The van der Waals surface area contributed by atoms with Crippen LogP contribution in [0.3, 0.4) is 0 Å². The molecule has 8 heteroatoms. The Morgan fingerprint density at radius 1 is 1.29 bits per heavy atom. The van der Waals surface area contributed by atoms with Crippen molar-refractivity contribution in [1.29, 1.82) is 5.26 Å². The number of piperidine rings is 1. The van der Waals surface area contributed by atoms with Gasteiger partial charge in [0.1, 0.15) is 6.07 Å². The van der Waals surface area contributed by atoms with Gasteiger partial charge >= 0.3 is 0 Å². The number of fused-ring (bicyclic) bond motifs is 1. The number of nitrogens with zero attached hydrogens (tertiary/aromatic N) is 6. The number of aromatic nitrogens is 4. The van der Waals surface area contributed by atoms with Crippen LogP contribution in [-0.2, 0) is 5.41 Å². The van der Waals surface area contributed by atoms with Crippen molar-refractivity contribution in [1.82, 2.24) is 24.6 Å².